The Kier molecular flexibility index (Phi) is 3.70. The number of rotatable bonds is 2. The number of pyridine rings is 1. The Bertz CT molecular complexity index is 1140. The molecule has 1 amide bonds. The smallest absolute Gasteiger partial charge is 0.256 e. The van der Waals surface area contributed by atoms with E-state index in [9.17, 15) is 9.18 Å². The number of H-pyrrole nitrogens is 2. The minimum atomic E-state index is -0.461. The lowest BCUT2D eigenvalue weighted by Crippen LogP contribution is -2.38. The third-order valence-corrected chi connectivity index (χ3v) is 5.58. The van der Waals surface area contributed by atoms with Crippen molar-refractivity contribution >= 4 is 27.8 Å². The molecule has 0 aliphatic carbocycles. The van der Waals surface area contributed by atoms with Gasteiger partial charge >= 0.3 is 0 Å². The van der Waals surface area contributed by atoms with E-state index in [0.29, 0.717) is 19.0 Å². The fraction of sp³-hybridized carbons (Fsp3) is 0.238. The number of carbonyl (C=O) groups is 1. The lowest BCUT2D eigenvalue weighted by atomic mass is 9.89. The molecule has 1 aromatic carbocycles. The van der Waals surface area contributed by atoms with E-state index < -0.39 is 5.82 Å². The minimum Gasteiger partial charge on any atom is -0.361 e. The lowest BCUT2D eigenvalue weighted by molar-refractivity contribution is 0.0709. The molecule has 1 aliphatic rings. The average Bonchev–Trinajstić information content (AvgIpc) is 3.33. The standard InChI is InChI=1S/C21H19FN4O/c22-18-10-14-3-7-23-19(14)11-16(18)21(27)26-8-4-13(5-9-26)17-12-25-20-15(17)2-1-6-24-20/h1-3,6-7,10-13,23H,4-5,8-9H2,(H,24,25). The fourth-order valence-electron chi connectivity index (χ4n) is 4.12. The van der Waals surface area contributed by atoms with Crippen LogP contribution in [-0.4, -0.2) is 38.8 Å². The van der Waals surface area contributed by atoms with Crippen molar-refractivity contribution in [3.05, 3.63) is 65.9 Å². The van der Waals surface area contributed by atoms with Crippen molar-refractivity contribution < 1.29 is 9.18 Å². The van der Waals surface area contributed by atoms with Gasteiger partial charge in [0.1, 0.15) is 11.5 Å². The molecule has 1 aliphatic heterocycles. The molecule has 1 saturated heterocycles. The summed E-state index contributed by atoms with van der Waals surface area (Å²) in [5, 5.41) is 1.92. The first-order valence-electron chi connectivity index (χ1n) is 9.18. The third kappa shape index (κ3) is 2.68. The van der Waals surface area contributed by atoms with Gasteiger partial charge in [-0.3, -0.25) is 4.79 Å². The third-order valence-electron chi connectivity index (χ3n) is 5.58. The van der Waals surface area contributed by atoms with E-state index >= 15 is 0 Å². The molecule has 6 heteroatoms. The molecule has 1 fully saturated rings. The molecule has 27 heavy (non-hydrogen) atoms. The zero-order valence-corrected chi connectivity index (χ0v) is 14.7. The number of amides is 1. The number of likely N-dealkylation sites (tertiary alicyclic amines) is 1. The van der Waals surface area contributed by atoms with Gasteiger partial charge in [-0.2, -0.15) is 0 Å². The van der Waals surface area contributed by atoms with Crippen LogP contribution < -0.4 is 0 Å². The Hall–Kier alpha value is -3.15. The van der Waals surface area contributed by atoms with E-state index in [0.717, 1.165) is 34.8 Å². The van der Waals surface area contributed by atoms with Crippen LogP contribution in [0.25, 0.3) is 21.9 Å². The van der Waals surface area contributed by atoms with Gasteiger partial charge < -0.3 is 14.9 Å². The summed E-state index contributed by atoms with van der Waals surface area (Å²) in [6, 6.07) is 8.86. The first-order chi connectivity index (χ1) is 13.2. The highest BCUT2D eigenvalue weighted by molar-refractivity contribution is 5.98. The number of nitrogens with zero attached hydrogens (tertiary/aromatic N) is 2. The second-order valence-electron chi connectivity index (χ2n) is 7.11. The molecule has 0 spiro atoms. The Labute approximate surface area is 155 Å². The Morgan fingerprint density at radius 3 is 2.89 bits per heavy atom. The number of nitrogens with one attached hydrogen (secondary N) is 2. The Morgan fingerprint density at radius 1 is 1.19 bits per heavy atom. The van der Waals surface area contributed by atoms with E-state index in [4.69, 9.17) is 0 Å². The maximum Gasteiger partial charge on any atom is 0.256 e. The van der Waals surface area contributed by atoms with Crippen LogP contribution in [0.15, 0.2) is 48.9 Å². The molecule has 0 unspecified atom stereocenters. The molecule has 5 rings (SSSR count). The van der Waals surface area contributed by atoms with Crippen molar-refractivity contribution in [3.63, 3.8) is 0 Å². The second-order valence-corrected chi connectivity index (χ2v) is 7.11. The summed E-state index contributed by atoms with van der Waals surface area (Å²) in [5.74, 6) is -0.317. The summed E-state index contributed by atoms with van der Waals surface area (Å²) in [7, 11) is 0. The minimum absolute atomic E-state index is 0.139. The Morgan fingerprint density at radius 2 is 2.04 bits per heavy atom. The summed E-state index contributed by atoms with van der Waals surface area (Å²) >= 11 is 0. The summed E-state index contributed by atoms with van der Waals surface area (Å²) in [6.07, 6.45) is 7.28. The molecule has 3 aromatic heterocycles. The van der Waals surface area contributed by atoms with Gasteiger partial charge in [-0.25, -0.2) is 9.37 Å². The molecule has 4 aromatic rings. The number of piperidine rings is 1. The van der Waals surface area contributed by atoms with E-state index in [1.54, 1.807) is 29.4 Å². The highest BCUT2D eigenvalue weighted by Crippen LogP contribution is 2.33. The van der Waals surface area contributed by atoms with Crippen LogP contribution in [0.1, 0.15) is 34.7 Å². The number of hydrogen-bond donors (Lipinski definition) is 2. The monoisotopic (exact) mass is 362 g/mol. The quantitative estimate of drug-likeness (QED) is 0.561. The van der Waals surface area contributed by atoms with Crippen LogP contribution in [0.5, 0.6) is 0 Å². The van der Waals surface area contributed by atoms with Crippen LogP contribution >= 0.6 is 0 Å². The summed E-state index contributed by atoms with van der Waals surface area (Å²) in [4.78, 5) is 25.2. The second kappa shape index (κ2) is 6.23. The molecular weight excluding hydrogens is 343 g/mol. The van der Waals surface area contributed by atoms with Crippen molar-refractivity contribution in [1.82, 2.24) is 19.9 Å². The number of aromatic amines is 2. The fourth-order valence-corrected chi connectivity index (χ4v) is 4.12. The maximum atomic E-state index is 14.4. The van der Waals surface area contributed by atoms with Gasteiger partial charge in [-0.15, -0.1) is 0 Å². The van der Waals surface area contributed by atoms with Crippen molar-refractivity contribution in [1.29, 1.82) is 0 Å². The number of halogens is 1. The van der Waals surface area contributed by atoms with Crippen LogP contribution in [0, 0.1) is 5.82 Å². The molecule has 2 N–H and O–H groups in total. The SMILES string of the molecule is O=C(c1cc2[nH]ccc2cc1F)N1CCC(c2c[nH]c3ncccc23)CC1. The van der Waals surface area contributed by atoms with E-state index in [1.807, 2.05) is 12.3 Å². The molecule has 0 atom stereocenters. The molecule has 136 valence electrons. The van der Waals surface area contributed by atoms with Gasteiger partial charge in [0.15, 0.2) is 0 Å². The Balaban J connectivity index is 1.35. The number of benzene rings is 1. The molecule has 5 nitrogen and oxygen atoms in total. The zero-order chi connectivity index (χ0) is 18.4. The van der Waals surface area contributed by atoms with Gasteiger partial charge in [0.05, 0.1) is 5.56 Å². The summed E-state index contributed by atoms with van der Waals surface area (Å²) < 4.78 is 14.4. The molecular formula is C21H19FN4O. The van der Waals surface area contributed by atoms with E-state index in [2.05, 4.69) is 21.0 Å². The highest BCUT2D eigenvalue weighted by Gasteiger charge is 2.27. The van der Waals surface area contributed by atoms with Gasteiger partial charge in [-0.1, -0.05) is 0 Å². The summed E-state index contributed by atoms with van der Waals surface area (Å²) in [5.41, 5.74) is 3.07. The predicted octanol–water partition coefficient (Wildman–Crippen LogP) is 4.20. The largest absolute Gasteiger partial charge is 0.361 e. The van der Waals surface area contributed by atoms with Crippen LogP contribution in [-0.2, 0) is 0 Å². The molecule has 0 radical (unpaired) electrons. The van der Waals surface area contributed by atoms with Gasteiger partial charge in [0, 0.05) is 48.0 Å². The highest BCUT2D eigenvalue weighted by atomic mass is 19.1. The van der Waals surface area contributed by atoms with E-state index in [-0.39, 0.29) is 11.5 Å². The van der Waals surface area contributed by atoms with Gasteiger partial charge in [0.2, 0.25) is 0 Å². The van der Waals surface area contributed by atoms with Crippen molar-refractivity contribution in [3.8, 4) is 0 Å². The molecule has 4 heterocycles. The van der Waals surface area contributed by atoms with Crippen molar-refractivity contribution in [2.75, 3.05) is 13.1 Å². The number of aromatic nitrogens is 3. The van der Waals surface area contributed by atoms with Crippen molar-refractivity contribution in [2.24, 2.45) is 0 Å². The van der Waals surface area contributed by atoms with Gasteiger partial charge in [-0.05, 0) is 54.7 Å². The topological polar surface area (TPSA) is 64.8 Å². The first-order valence-corrected chi connectivity index (χ1v) is 9.18. The first kappa shape index (κ1) is 16.1. The maximum absolute atomic E-state index is 14.4. The van der Waals surface area contributed by atoms with E-state index in [1.165, 1.54) is 11.6 Å². The van der Waals surface area contributed by atoms with Crippen LogP contribution in [0.3, 0.4) is 0 Å². The zero-order valence-electron chi connectivity index (χ0n) is 14.7. The van der Waals surface area contributed by atoms with Crippen LogP contribution in [0.2, 0.25) is 0 Å². The number of hydrogen-bond acceptors (Lipinski definition) is 2. The summed E-state index contributed by atoms with van der Waals surface area (Å²) in [6.45, 7) is 1.25. The van der Waals surface area contributed by atoms with Crippen molar-refractivity contribution in [2.45, 2.75) is 18.8 Å². The molecule has 0 saturated carbocycles. The molecule has 0 bridgehead atoms. The number of carbonyl (C=O) groups excluding carboxylic acids is 1. The normalized spacial score (nSPS) is 15.7. The van der Waals surface area contributed by atoms with Gasteiger partial charge in [0.25, 0.3) is 5.91 Å². The lowest BCUT2D eigenvalue weighted by Gasteiger charge is -2.32. The van der Waals surface area contributed by atoms with Crippen LogP contribution in [0.4, 0.5) is 4.39 Å². The number of fused-ring (bicyclic) bond motifs is 2. The average molecular weight is 362 g/mol. The predicted molar refractivity (Wildman–Crippen MR) is 102 cm³/mol.